The highest BCUT2D eigenvalue weighted by molar-refractivity contribution is 5.77. The van der Waals surface area contributed by atoms with Crippen molar-refractivity contribution in [3.63, 3.8) is 0 Å². The number of hydrogen-bond acceptors (Lipinski definition) is 2. The molecule has 1 N–H and O–H groups in total. The van der Waals surface area contributed by atoms with Crippen molar-refractivity contribution in [1.29, 1.82) is 0 Å². The minimum absolute atomic E-state index is 0.244. The largest absolute Gasteiger partial charge is 0.335 e. The zero-order chi connectivity index (χ0) is 14.5. The van der Waals surface area contributed by atoms with Crippen LogP contribution < -0.4 is 5.32 Å². The molecule has 3 nitrogen and oxygen atoms in total. The molecule has 20 heavy (non-hydrogen) atoms. The van der Waals surface area contributed by atoms with Crippen molar-refractivity contribution in [2.45, 2.75) is 39.2 Å². The van der Waals surface area contributed by atoms with Gasteiger partial charge in [0.15, 0.2) is 0 Å². The third kappa shape index (κ3) is 3.40. The smallest absolute Gasteiger partial charge is 0.224 e. The maximum atomic E-state index is 12.4. The molecule has 0 aromatic heterocycles. The second kappa shape index (κ2) is 6.89. The molecule has 0 radical (unpaired) electrons. The summed E-state index contributed by atoms with van der Waals surface area (Å²) in [5, 5.41) is 3.06. The van der Waals surface area contributed by atoms with Crippen molar-refractivity contribution in [1.82, 2.24) is 10.2 Å². The highest BCUT2D eigenvalue weighted by Gasteiger charge is 2.32. The quantitative estimate of drug-likeness (QED) is 0.915. The Kier molecular flexibility index (Phi) is 5.18. The molecule has 1 aromatic rings. The Labute approximate surface area is 122 Å². The summed E-state index contributed by atoms with van der Waals surface area (Å²) in [4.78, 5) is 14.5. The number of carbonyl (C=O) groups is 1. The van der Waals surface area contributed by atoms with Gasteiger partial charge in [0.1, 0.15) is 0 Å². The van der Waals surface area contributed by atoms with Crippen molar-refractivity contribution in [2.24, 2.45) is 5.92 Å². The molecular weight excluding hydrogens is 248 g/mol. The van der Waals surface area contributed by atoms with Crippen LogP contribution in [0.2, 0.25) is 0 Å². The fourth-order valence-electron chi connectivity index (χ4n) is 3.12. The Morgan fingerprint density at radius 1 is 1.35 bits per heavy atom. The summed E-state index contributed by atoms with van der Waals surface area (Å²) in [5.41, 5.74) is 2.55. The first-order chi connectivity index (χ1) is 9.63. The first-order valence-corrected chi connectivity index (χ1v) is 7.64. The number of nitrogens with one attached hydrogen (secondary N) is 1. The number of nitrogens with zero attached hydrogens (tertiary/aromatic N) is 1. The predicted molar refractivity (Wildman–Crippen MR) is 82.6 cm³/mol. The number of likely N-dealkylation sites (tertiary alicyclic amines) is 1. The summed E-state index contributed by atoms with van der Waals surface area (Å²) < 4.78 is 0. The minimum Gasteiger partial charge on any atom is -0.335 e. The fraction of sp³-hybridized carbons (Fsp3) is 0.588. The van der Waals surface area contributed by atoms with Crippen molar-refractivity contribution < 1.29 is 4.79 Å². The zero-order valence-electron chi connectivity index (χ0n) is 12.9. The number of piperidine rings is 1. The van der Waals surface area contributed by atoms with E-state index in [9.17, 15) is 4.79 Å². The molecule has 2 atom stereocenters. The van der Waals surface area contributed by atoms with Gasteiger partial charge in [-0.1, -0.05) is 36.8 Å². The average molecular weight is 274 g/mol. The molecule has 1 amide bonds. The van der Waals surface area contributed by atoms with Gasteiger partial charge in [-0.05, 0) is 38.3 Å². The topological polar surface area (TPSA) is 32.3 Å². The van der Waals surface area contributed by atoms with E-state index >= 15 is 0 Å². The van der Waals surface area contributed by atoms with Crippen LogP contribution in [0.5, 0.6) is 0 Å². The van der Waals surface area contributed by atoms with Gasteiger partial charge < -0.3 is 10.2 Å². The van der Waals surface area contributed by atoms with E-state index in [1.165, 1.54) is 17.5 Å². The van der Waals surface area contributed by atoms with Gasteiger partial charge >= 0.3 is 0 Å². The van der Waals surface area contributed by atoms with Crippen molar-refractivity contribution >= 4 is 5.91 Å². The molecule has 1 aliphatic rings. The number of carbonyl (C=O) groups excluding carboxylic acids is 1. The lowest BCUT2D eigenvalue weighted by atomic mass is 9.85. The highest BCUT2D eigenvalue weighted by Crippen LogP contribution is 2.36. The normalized spacial score (nSPS) is 22.9. The van der Waals surface area contributed by atoms with E-state index in [2.05, 4.69) is 48.3 Å². The van der Waals surface area contributed by atoms with Crippen LogP contribution in [0.4, 0.5) is 0 Å². The number of rotatable bonds is 4. The summed E-state index contributed by atoms with van der Waals surface area (Å²) in [6.45, 7) is 6.02. The molecule has 0 aliphatic carbocycles. The maximum absolute atomic E-state index is 12.4. The van der Waals surface area contributed by atoms with Crippen LogP contribution in [0, 0.1) is 12.8 Å². The lowest BCUT2D eigenvalue weighted by Gasteiger charge is -2.40. The van der Waals surface area contributed by atoms with Gasteiger partial charge in [-0.3, -0.25) is 4.79 Å². The number of amides is 1. The molecule has 0 bridgehead atoms. The van der Waals surface area contributed by atoms with Crippen LogP contribution in [0.3, 0.4) is 0 Å². The molecule has 3 heteroatoms. The van der Waals surface area contributed by atoms with E-state index < -0.39 is 0 Å². The lowest BCUT2D eigenvalue weighted by Crippen LogP contribution is -2.42. The zero-order valence-corrected chi connectivity index (χ0v) is 12.9. The summed E-state index contributed by atoms with van der Waals surface area (Å²) in [6, 6.07) is 8.90. The van der Waals surface area contributed by atoms with Gasteiger partial charge in [0.2, 0.25) is 5.91 Å². The summed E-state index contributed by atoms with van der Waals surface area (Å²) in [7, 11) is 1.89. The molecule has 0 saturated carbocycles. The maximum Gasteiger partial charge on any atom is 0.224 e. The minimum atomic E-state index is 0.244. The second-order valence-electron chi connectivity index (χ2n) is 5.92. The van der Waals surface area contributed by atoms with E-state index in [1.807, 2.05) is 7.05 Å². The van der Waals surface area contributed by atoms with E-state index in [4.69, 9.17) is 0 Å². The summed E-state index contributed by atoms with van der Waals surface area (Å²) in [6.07, 6.45) is 2.91. The number of aryl methyl sites for hydroxylation is 1. The third-order valence-electron chi connectivity index (χ3n) is 4.26. The fourth-order valence-corrected chi connectivity index (χ4v) is 3.12. The van der Waals surface area contributed by atoms with Crippen LogP contribution in [0.25, 0.3) is 0 Å². The van der Waals surface area contributed by atoms with Gasteiger partial charge in [-0.15, -0.1) is 0 Å². The van der Waals surface area contributed by atoms with Gasteiger partial charge in [-0.2, -0.15) is 0 Å². The molecular formula is C17H26N2O. The van der Waals surface area contributed by atoms with Crippen LogP contribution in [0.1, 0.15) is 43.4 Å². The molecule has 1 aliphatic heterocycles. The van der Waals surface area contributed by atoms with Gasteiger partial charge in [-0.25, -0.2) is 0 Å². The third-order valence-corrected chi connectivity index (χ3v) is 4.26. The Balaban J connectivity index is 2.19. The van der Waals surface area contributed by atoms with Gasteiger partial charge in [0, 0.05) is 19.5 Å². The molecule has 1 saturated heterocycles. The average Bonchev–Trinajstić information content (AvgIpc) is 2.45. The molecule has 1 heterocycles. The molecule has 2 rings (SSSR count). The lowest BCUT2D eigenvalue weighted by molar-refractivity contribution is -0.136. The van der Waals surface area contributed by atoms with E-state index in [0.717, 1.165) is 19.5 Å². The molecule has 0 spiro atoms. The first-order valence-electron chi connectivity index (χ1n) is 7.64. The van der Waals surface area contributed by atoms with Crippen LogP contribution in [0.15, 0.2) is 24.3 Å². The van der Waals surface area contributed by atoms with Gasteiger partial charge in [0.05, 0.1) is 6.04 Å². The number of hydrogen-bond donors (Lipinski definition) is 1. The second-order valence-corrected chi connectivity index (χ2v) is 5.92. The van der Waals surface area contributed by atoms with Crippen molar-refractivity contribution in [3.05, 3.63) is 35.4 Å². The monoisotopic (exact) mass is 274 g/mol. The Morgan fingerprint density at radius 2 is 2.05 bits per heavy atom. The van der Waals surface area contributed by atoms with Crippen LogP contribution in [-0.4, -0.2) is 30.9 Å². The predicted octanol–water partition coefficient (Wildman–Crippen LogP) is 2.90. The van der Waals surface area contributed by atoms with Crippen molar-refractivity contribution in [3.8, 4) is 0 Å². The summed E-state index contributed by atoms with van der Waals surface area (Å²) in [5.74, 6) is 0.807. The molecule has 2 unspecified atom stereocenters. The van der Waals surface area contributed by atoms with E-state index in [1.54, 1.807) is 0 Å². The van der Waals surface area contributed by atoms with Crippen LogP contribution in [-0.2, 0) is 4.79 Å². The van der Waals surface area contributed by atoms with E-state index in [-0.39, 0.29) is 11.9 Å². The highest BCUT2D eigenvalue weighted by atomic mass is 16.2. The molecule has 1 fully saturated rings. The Morgan fingerprint density at radius 3 is 2.70 bits per heavy atom. The Hall–Kier alpha value is -1.35. The molecule has 110 valence electrons. The molecule has 1 aromatic carbocycles. The Bertz CT molecular complexity index is 441. The van der Waals surface area contributed by atoms with Gasteiger partial charge in [0.25, 0.3) is 0 Å². The number of benzene rings is 1. The van der Waals surface area contributed by atoms with Crippen molar-refractivity contribution in [2.75, 3.05) is 20.1 Å². The van der Waals surface area contributed by atoms with E-state index in [0.29, 0.717) is 12.3 Å². The first kappa shape index (κ1) is 15.0. The standard InChI is InChI=1S/C17H26N2O/c1-13-6-8-15(9-7-13)17-14(2)5-4-12-19(17)16(20)10-11-18-3/h6-9,14,17-18H,4-5,10-12H2,1-3H3. The SMILES string of the molecule is CNCCC(=O)N1CCCC(C)C1c1ccc(C)cc1. The van der Waals surface area contributed by atoms with Crippen LogP contribution >= 0.6 is 0 Å². The summed E-state index contributed by atoms with van der Waals surface area (Å²) >= 11 is 0.